The van der Waals surface area contributed by atoms with Crippen LogP contribution in [0.5, 0.6) is 5.75 Å². The van der Waals surface area contributed by atoms with Crippen LogP contribution in [0.2, 0.25) is 0 Å². The number of hydrogen-bond acceptors (Lipinski definition) is 8. The third kappa shape index (κ3) is 7.72. The number of carbonyl (C=O) groups excluding carboxylic acids is 3. The highest BCUT2D eigenvalue weighted by Crippen LogP contribution is 2.34. The topological polar surface area (TPSA) is 135 Å². The van der Waals surface area contributed by atoms with Crippen LogP contribution in [0.3, 0.4) is 0 Å². The van der Waals surface area contributed by atoms with Gasteiger partial charge in [-0.1, -0.05) is 22.5 Å². The Bertz CT molecular complexity index is 1510. The van der Waals surface area contributed by atoms with E-state index in [2.05, 4.69) is 48.4 Å². The van der Waals surface area contributed by atoms with Crippen molar-refractivity contribution >= 4 is 61.9 Å². The highest BCUT2D eigenvalue weighted by Gasteiger charge is 2.36. The Hall–Kier alpha value is -4.26. The second-order valence-electron chi connectivity index (χ2n) is 10.5. The van der Waals surface area contributed by atoms with E-state index in [4.69, 9.17) is 9.47 Å². The molecule has 11 nitrogen and oxygen atoms in total. The molecular formula is C29H32BrFN6O5. The molecule has 3 N–H and O–H groups in total. The average molecular weight is 644 g/mol. The lowest BCUT2D eigenvalue weighted by atomic mass is 10.1. The molecule has 1 unspecified atom stereocenters. The van der Waals surface area contributed by atoms with E-state index in [1.165, 1.54) is 17.3 Å². The molecule has 4 rings (SSSR count). The average Bonchev–Trinajstić information content (AvgIpc) is 3.42. The number of aromatic nitrogens is 2. The molecule has 2 heterocycles. The van der Waals surface area contributed by atoms with Crippen LogP contribution in [-0.2, 0) is 14.3 Å². The fraction of sp³-hybridized carbons (Fsp3) is 0.345. The minimum absolute atomic E-state index is 0.0632. The second-order valence-corrected chi connectivity index (χ2v) is 11.4. The number of halogens is 2. The number of benzene rings is 2. The van der Waals surface area contributed by atoms with E-state index < -0.39 is 29.5 Å². The number of anilines is 3. The maximum atomic E-state index is 14.5. The van der Waals surface area contributed by atoms with Crippen molar-refractivity contribution in [2.24, 2.45) is 0 Å². The minimum atomic E-state index is -0.663. The predicted molar refractivity (Wildman–Crippen MR) is 160 cm³/mol. The lowest BCUT2D eigenvalue weighted by molar-refractivity contribution is -0.125. The zero-order valence-electron chi connectivity index (χ0n) is 23.5. The zero-order chi connectivity index (χ0) is 30.4. The molecular weight excluding hydrogens is 611 g/mol. The van der Waals surface area contributed by atoms with Gasteiger partial charge in [-0.25, -0.2) is 19.2 Å². The number of amides is 3. The van der Waals surface area contributed by atoms with Crippen molar-refractivity contribution < 1.29 is 28.2 Å². The number of likely N-dealkylation sites (tertiary alicyclic amines) is 1. The fourth-order valence-electron chi connectivity index (χ4n) is 4.33. The molecule has 222 valence electrons. The van der Waals surface area contributed by atoms with Gasteiger partial charge < -0.3 is 25.4 Å². The summed E-state index contributed by atoms with van der Waals surface area (Å²) in [5, 5.41) is 8.98. The monoisotopic (exact) mass is 642 g/mol. The van der Waals surface area contributed by atoms with E-state index in [1.807, 2.05) is 0 Å². The Balaban J connectivity index is 1.47. The quantitative estimate of drug-likeness (QED) is 0.212. The third-order valence-electron chi connectivity index (χ3n) is 6.21. The summed E-state index contributed by atoms with van der Waals surface area (Å²) in [5.74, 6) is -0.640. The summed E-state index contributed by atoms with van der Waals surface area (Å²) in [6.45, 7) is 9.47. The van der Waals surface area contributed by atoms with Crippen molar-refractivity contribution in [3.05, 3.63) is 59.6 Å². The Labute approximate surface area is 251 Å². The molecule has 1 fully saturated rings. The summed E-state index contributed by atoms with van der Waals surface area (Å²) in [4.78, 5) is 47.5. The molecule has 2 aromatic carbocycles. The van der Waals surface area contributed by atoms with Crippen molar-refractivity contribution in [3.63, 3.8) is 0 Å². The van der Waals surface area contributed by atoms with Gasteiger partial charge in [-0.05, 0) is 64.0 Å². The van der Waals surface area contributed by atoms with E-state index in [1.54, 1.807) is 45.0 Å². The smallest absolute Gasteiger partial charge is 0.410 e. The molecule has 0 bridgehead atoms. The number of nitrogens with one attached hydrogen (secondary N) is 3. The maximum Gasteiger partial charge on any atom is 0.410 e. The van der Waals surface area contributed by atoms with Gasteiger partial charge in [-0.3, -0.25) is 14.5 Å². The first kappa shape index (κ1) is 30.7. The lowest BCUT2D eigenvalue weighted by Crippen LogP contribution is -2.48. The molecule has 1 aromatic heterocycles. The first-order chi connectivity index (χ1) is 19.9. The molecule has 13 heteroatoms. The summed E-state index contributed by atoms with van der Waals surface area (Å²) >= 11 is 3.24. The van der Waals surface area contributed by atoms with Crippen LogP contribution in [-0.4, -0.2) is 64.1 Å². The summed E-state index contributed by atoms with van der Waals surface area (Å²) in [7, 11) is 0. The van der Waals surface area contributed by atoms with Crippen LogP contribution in [0.4, 0.5) is 26.4 Å². The van der Waals surface area contributed by atoms with E-state index in [0.717, 1.165) is 6.08 Å². The molecule has 1 atom stereocenters. The summed E-state index contributed by atoms with van der Waals surface area (Å²) in [6.07, 6.45) is 3.16. The Morgan fingerprint density at radius 1 is 1.19 bits per heavy atom. The standard InChI is InChI=1S/C29H32BrFN6O5/c1-5-25(38)35-22-14-18-21(33-16-34-26(18)36-20-9-8-17(30)13-19(20)31)15-24(22)41-12-10-32-27(39)23-7-6-11-37(23)28(40)42-29(2,3)4/h5,8-9,13-16,23H,1,6-7,10-12H2,2-4H3,(H,32,39)(H,35,38)(H,33,34,36). The van der Waals surface area contributed by atoms with Crippen molar-refractivity contribution in [3.8, 4) is 5.75 Å². The Morgan fingerprint density at radius 3 is 2.69 bits per heavy atom. The number of ether oxygens (including phenoxy) is 2. The molecule has 1 aliphatic heterocycles. The van der Waals surface area contributed by atoms with Gasteiger partial charge in [0.25, 0.3) is 0 Å². The number of hydrogen-bond donors (Lipinski definition) is 3. The Morgan fingerprint density at radius 2 is 1.98 bits per heavy atom. The van der Waals surface area contributed by atoms with E-state index >= 15 is 0 Å². The molecule has 1 saturated heterocycles. The molecule has 42 heavy (non-hydrogen) atoms. The number of fused-ring (bicyclic) bond motifs is 1. The fourth-order valence-corrected chi connectivity index (χ4v) is 4.67. The molecule has 0 aliphatic carbocycles. The van der Waals surface area contributed by atoms with Crippen LogP contribution >= 0.6 is 15.9 Å². The normalized spacial score (nSPS) is 14.8. The molecule has 3 amide bonds. The van der Waals surface area contributed by atoms with Crippen molar-refractivity contribution in [2.45, 2.75) is 45.3 Å². The Kier molecular flexibility index (Phi) is 9.61. The highest BCUT2D eigenvalue weighted by molar-refractivity contribution is 9.10. The molecule has 3 aromatic rings. The largest absolute Gasteiger partial charge is 0.489 e. The van der Waals surface area contributed by atoms with Crippen LogP contribution < -0.4 is 20.7 Å². The number of rotatable bonds is 9. The second kappa shape index (κ2) is 13.1. The molecule has 0 radical (unpaired) electrons. The van der Waals surface area contributed by atoms with Crippen molar-refractivity contribution in [1.82, 2.24) is 20.2 Å². The zero-order valence-corrected chi connectivity index (χ0v) is 25.1. The van der Waals surface area contributed by atoms with Gasteiger partial charge in [0.15, 0.2) is 0 Å². The SMILES string of the molecule is C=CC(=O)Nc1cc2c(Nc3ccc(Br)cc3F)ncnc2cc1OCCNC(=O)C1CCCN1C(=O)OC(C)(C)C. The van der Waals surface area contributed by atoms with E-state index in [-0.39, 0.29) is 24.7 Å². The maximum absolute atomic E-state index is 14.5. The van der Waals surface area contributed by atoms with Gasteiger partial charge in [0.2, 0.25) is 11.8 Å². The van der Waals surface area contributed by atoms with Crippen LogP contribution in [0.15, 0.2) is 53.8 Å². The molecule has 0 spiro atoms. The van der Waals surface area contributed by atoms with Gasteiger partial charge >= 0.3 is 6.09 Å². The molecule has 1 aliphatic rings. The minimum Gasteiger partial charge on any atom is -0.489 e. The van der Waals surface area contributed by atoms with Crippen LogP contribution in [0.1, 0.15) is 33.6 Å². The van der Waals surface area contributed by atoms with Crippen molar-refractivity contribution in [2.75, 3.05) is 30.3 Å². The van der Waals surface area contributed by atoms with Crippen LogP contribution in [0.25, 0.3) is 10.9 Å². The third-order valence-corrected chi connectivity index (χ3v) is 6.70. The van der Waals surface area contributed by atoms with Gasteiger partial charge in [-0.2, -0.15) is 0 Å². The number of carbonyl (C=O) groups is 3. The molecule has 0 saturated carbocycles. The summed E-state index contributed by atoms with van der Waals surface area (Å²) < 4.78 is 26.4. The number of nitrogens with zero attached hydrogens (tertiary/aromatic N) is 3. The van der Waals surface area contributed by atoms with E-state index in [0.29, 0.717) is 52.0 Å². The van der Waals surface area contributed by atoms with E-state index in [9.17, 15) is 18.8 Å². The van der Waals surface area contributed by atoms with Crippen molar-refractivity contribution in [1.29, 1.82) is 0 Å². The van der Waals surface area contributed by atoms with Gasteiger partial charge in [-0.15, -0.1) is 0 Å². The van der Waals surface area contributed by atoms with Gasteiger partial charge in [0.1, 0.15) is 42.0 Å². The predicted octanol–water partition coefficient (Wildman–Crippen LogP) is 5.29. The highest BCUT2D eigenvalue weighted by atomic mass is 79.9. The van der Waals surface area contributed by atoms with Gasteiger partial charge in [0, 0.05) is 22.5 Å². The van der Waals surface area contributed by atoms with Crippen LogP contribution in [0, 0.1) is 5.82 Å². The summed E-state index contributed by atoms with van der Waals surface area (Å²) in [5.41, 5.74) is 0.321. The summed E-state index contributed by atoms with van der Waals surface area (Å²) in [6, 6.07) is 7.19. The lowest BCUT2D eigenvalue weighted by Gasteiger charge is -2.28. The van der Waals surface area contributed by atoms with Gasteiger partial charge in [0.05, 0.1) is 23.4 Å². The first-order valence-electron chi connectivity index (χ1n) is 13.3. The first-order valence-corrected chi connectivity index (χ1v) is 14.1.